The highest BCUT2D eigenvalue weighted by atomic mass is 79.9. The number of rotatable bonds is 1. The first-order valence-corrected chi connectivity index (χ1v) is 6.43. The number of nitrogens with zero attached hydrogens (tertiary/aromatic N) is 2. The molecule has 0 saturated heterocycles. The number of hydrogen-bond donors (Lipinski definition) is 0. The van der Waals surface area contributed by atoms with Gasteiger partial charge in [-0.3, -0.25) is 0 Å². The minimum absolute atomic E-state index is 0.451. The topological polar surface area (TPSA) is 25.8 Å². The Morgan fingerprint density at radius 3 is 2.41 bits per heavy atom. The van der Waals surface area contributed by atoms with E-state index in [0.717, 1.165) is 21.3 Å². The summed E-state index contributed by atoms with van der Waals surface area (Å²) in [7, 11) is 0. The molecule has 0 atom stereocenters. The van der Waals surface area contributed by atoms with Gasteiger partial charge >= 0.3 is 0 Å². The van der Waals surface area contributed by atoms with Gasteiger partial charge in [-0.05, 0) is 42.3 Å². The second-order valence-electron chi connectivity index (χ2n) is 4.06. The standard InChI is InChI=1S/C13H12BrClN2/c1-7-4-5-10(8(2)6-7)13-16-9(3)11(14)12(15)17-13/h4-6H,1-3H3. The summed E-state index contributed by atoms with van der Waals surface area (Å²) in [5.74, 6) is 0.674. The van der Waals surface area contributed by atoms with Crippen LogP contribution in [0.5, 0.6) is 0 Å². The van der Waals surface area contributed by atoms with E-state index in [1.54, 1.807) is 0 Å². The monoisotopic (exact) mass is 310 g/mol. The molecule has 1 aromatic carbocycles. The van der Waals surface area contributed by atoms with E-state index >= 15 is 0 Å². The van der Waals surface area contributed by atoms with Gasteiger partial charge < -0.3 is 0 Å². The van der Waals surface area contributed by atoms with Crippen LogP contribution in [0.1, 0.15) is 16.8 Å². The molecule has 0 aliphatic heterocycles. The number of aryl methyl sites for hydroxylation is 3. The molecular formula is C13H12BrClN2. The average molecular weight is 312 g/mol. The van der Waals surface area contributed by atoms with Crippen molar-refractivity contribution in [1.29, 1.82) is 0 Å². The largest absolute Gasteiger partial charge is 0.232 e. The van der Waals surface area contributed by atoms with Crippen molar-refractivity contribution in [3.8, 4) is 11.4 Å². The third-order valence-electron chi connectivity index (χ3n) is 2.60. The number of halogens is 2. The molecule has 1 aromatic heterocycles. The summed E-state index contributed by atoms with van der Waals surface area (Å²) in [6, 6.07) is 6.20. The highest BCUT2D eigenvalue weighted by molar-refractivity contribution is 9.10. The number of aromatic nitrogens is 2. The Bertz CT molecular complexity index is 559. The van der Waals surface area contributed by atoms with Gasteiger partial charge in [0.25, 0.3) is 0 Å². The molecule has 0 N–H and O–H groups in total. The van der Waals surface area contributed by atoms with Gasteiger partial charge in [0, 0.05) is 5.56 Å². The molecular weight excluding hydrogens is 300 g/mol. The van der Waals surface area contributed by atoms with Crippen LogP contribution in [0, 0.1) is 20.8 Å². The van der Waals surface area contributed by atoms with E-state index in [1.165, 1.54) is 5.56 Å². The smallest absolute Gasteiger partial charge is 0.161 e. The second kappa shape index (κ2) is 4.75. The van der Waals surface area contributed by atoms with Gasteiger partial charge in [0.2, 0.25) is 0 Å². The summed E-state index contributed by atoms with van der Waals surface area (Å²) in [6.07, 6.45) is 0. The molecule has 0 aliphatic rings. The highest BCUT2D eigenvalue weighted by Crippen LogP contribution is 2.28. The van der Waals surface area contributed by atoms with E-state index in [0.29, 0.717) is 11.0 Å². The molecule has 88 valence electrons. The second-order valence-corrected chi connectivity index (χ2v) is 5.21. The number of benzene rings is 1. The van der Waals surface area contributed by atoms with Crippen molar-refractivity contribution in [3.05, 3.63) is 44.6 Å². The maximum Gasteiger partial charge on any atom is 0.161 e. The molecule has 0 unspecified atom stereocenters. The first kappa shape index (κ1) is 12.5. The Kier molecular flexibility index (Phi) is 3.50. The van der Waals surface area contributed by atoms with Gasteiger partial charge in [0.15, 0.2) is 5.82 Å². The lowest BCUT2D eigenvalue weighted by Gasteiger charge is -2.08. The Balaban J connectivity index is 2.61. The molecule has 4 heteroatoms. The van der Waals surface area contributed by atoms with E-state index in [2.05, 4.69) is 51.9 Å². The quantitative estimate of drug-likeness (QED) is 0.725. The first-order valence-electron chi connectivity index (χ1n) is 5.26. The molecule has 0 saturated carbocycles. The zero-order valence-electron chi connectivity index (χ0n) is 9.88. The molecule has 2 rings (SSSR count). The van der Waals surface area contributed by atoms with Crippen LogP contribution in [-0.4, -0.2) is 9.97 Å². The van der Waals surface area contributed by atoms with Crippen LogP contribution < -0.4 is 0 Å². The van der Waals surface area contributed by atoms with Crippen molar-refractivity contribution < 1.29 is 0 Å². The molecule has 17 heavy (non-hydrogen) atoms. The lowest BCUT2D eigenvalue weighted by Crippen LogP contribution is -1.96. The van der Waals surface area contributed by atoms with Crippen LogP contribution in [0.3, 0.4) is 0 Å². The summed E-state index contributed by atoms with van der Waals surface area (Å²) in [4.78, 5) is 8.75. The van der Waals surface area contributed by atoms with Crippen LogP contribution in [-0.2, 0) is 0 Å². The molecule has 0 fully saturated rings. The zero-order valence-corrected chi connectivity index (χ0v) is 12.2. The fraction of sp³-hybridized carbons (Fsp3) is 0.231. The summed E-state index contributed by atoms with van der Waals surface area (Å²) in [5.41, 5.74) is 4.25. The molecule has 0 amide bonds. The van der Waals surface area contributed by atoms with E-state index in [1.807, 2.05) is 13.0 Å². The van der Waals surface area contributed by atoms with Gasteiger partial charge in [-0.25, -0.2) is 9.97 Å². The van der Waals surface area contributed by atoms with E-state index < -0.39 is 0 Å². The summed E-state index contributed by atoms with van der Waals surface area (Å²) in [5, 5.41) is 0.451. The van der Waals surface area contributed by atoms with Crippen molar-refractivity contribution in [3.63, 3.8) is 0 Å². The van der Waals surface area contributed by atoms with Crippen molar-refractivity contribution in [2.24, 2.45) is 0 Å². The molecule has 2 aromatic rings. The third kappa shape index (κ3) is 2.50. The molecule has 1 heterocycles. The van der Waals surface area contributed by atoms with Crippen LogP contribution in [0.4, 0.5) is 0 Å². The van der Waals surface area contributed by atoms with Crippen LogP contribution in [0.15, 0.2) is 22.7 Å². The molecule has 0 radical (unpaired) electrons. The maximum atomic E-state index is 6.05. The van der Waals surface area contributed by atoms with Crippen LogP contribution in [0.2, 0.25) is 5.15 Å². The van der Waals surface area contributed by atoms with Crippen molar-refractivity contribution >= 4 is 27.5 Å². The molecule has 0 spiro atoms. The lowest BCUT2D eigenvalue weighted by molar-refractivity contribution is 1.09. The molecule has 2 nitrogen and oxygen atoms in total. The molecule has 0 aliphatic carbocycles. The van der Waals surface area contributed by atoms with E-state index in [9.17, 15) is 0 Å². The van der Waals surface area contributed by atoms with Gasteiger partial charge in [-0.15, -0.1) is 0 Å². The SMILES string of the molecule is Cc1ccc(-c2nc(C)c(Br)c(Cl)n2)c(C)c1. The predicted molar refractivity (Wildman–Crippen MR) is 74.4 cm³/mol. The van der Waals surface area contributed by atoms with Crippen LogP contribution >= 0.6 is 27.5 Å². The normalized spacial score (nSPS) is 10.6. The van der Waals surface area contributed by atoms with Gasteiger partial charge in [0.05, 0.1) is 10.2 Å². The minimum Gasteiger partial charge on any atom is -0.232 e. The Hall–Kier alpha value is -0.930. The van der Waals surface area contributed by atoms with Gasteiger partial charge in [-0.1, -0.05) is 35.4 Å². The third-order valence-corrected chi connectivity index (χ3v) is 4.05. The van der Waals surface area contributed by atoms with Gasteiger partial charge in [0.1, 0.15) is 5.15 Å². The predicted octanol–water partition coefficient (Wildman–Crippen LogP) is 4.48. The van der Waals surface area contributed by atoms with Crippen molar-refractivity contribution in [1.82, 2.24) is 9.97 Å². The molecule has 0 bridgehead atoms. The Morgan fingerprint density at radius 1 is 1.12 bits per heavy atom. The highest BCUT2D eigenvalue weighted by Gasteiger charge is 2.10. The first-order chi connectivity index (χ1) is 7.99. The summed E-state index contributed by atoms with van der Waals surface area (Å²) in [6.45, 7) is 6.03. The fourth-order valence-electron chi connectivity index (χ4n) is 1.71. The fourth-order valence-corrected chi connectivity index (χ4v) is 2.10. The average Bonchev–Trinajstić information content (AvgIpc) is 2.25. The Labute approximate surface area is 114 Å². The van der Waals surface area contributed by atoms with Crippen molar-refractivity contribution in [2.75, 3.05) is 0 Å². The van der Waals surface area contributed by atoms with E-state index in [-0.39, 0.29) is 0 Å². The summed E-state index contributed by atoms with van der Waals surface area (Å²) < 4.78 is 0.757. The minimum atomic E-state index is 0.451. The summed E-state index contributed by atoms with van der Waals surface area (Å²) >= 11 is 9.41. The Morgan fingerprint density at radius 2 is 1.82 bits per heavy atom. The maximum absolute atomic E-state index is 6.05. The lowest BCUT2D eigenvalue weighted by atomic mass is 10.1. The van der Waals surface area contributed by atoms with E-state index in [4.69, 9.17) is 11.6 Å². The van der Waals surface area contributed by atoms with Crippen molar-refractivity contribution in [2.45, 2.75) is 20.8 Å². The zero-order chi connectivity index (χ0) is 12.6. The van der Waals surface area contributed by atoms with Crippen LogP contribution in [0.25, 0.3) is 11.4 Å². The van der Waals surface area contributed by atoms with Gasteiger partial charge in [-0.2, -0.15) is 0 Å². The number of hydrogen-bond acceptors (Lipinski definition) is 2.